The Morgan fingerprint density at radius 1 is 1.10 bits per heavy atom. The Morgan fingerprint density at radius 3 is 2.31 bits per heavy atom. The third kappa shape index (κ3) is 5.44. The Morgan fingerprint density at radius 2 is 1.76 bits per heavy atom. The zero-order valence-electron chi connectivity index (χ0n) is 16.6. The highest BCUT2D eigenvalue weighted by atomic mass is 16.6. The molecule has 0 heterocycles. The second-order valence-electron chi connectivity index (χ2n) is 6.39. The topological polar surface area (TPSA) is 120 Å². The summed E-state index contributed by atoms with van der Waals surface area (Å²) < 4.78 is 10.5. The van der Waals surface area contributed by atoms with Gasteiger partial charge in [-0.25, -0.2) is 0 Å². The van der Waals surface area contributed by atoms with Crippen molar-refractivity contribution in [3.05, 3.63) is 52.1 Å². The summed E-state index contributed by atoms with van der Waals surface area (Å²) in [6.45, 7) is 5.57. The van der Waals surface area contributed by atoms with Gasteiger partial charge in [0, 0.05) is 23.4 Å². The number of nitrogens with one attached hydrogen (secondary N) is 2. The van der Waals surface area contributed by atoms with E-state index in [9.17, 15) is 19.7 Å². The summed E-state index contributed by atoms with van der Waals surface area (Å²) in [6, 6.07) is 8.94. The van der Waals surface area contributed by atoms with E-state index in [-0.39, 0.29) is 28.9 Å². The van der Waals surface area contributed by atoms with Crippen LogP contribution in [-0.2, 0) is 4.79 Å². The van der Waals surface area contributed by atoms with Crippen molar-refractivity contribution in [3.8, 4) is 11.5 Å². The minimum Gasteiger partial charge on any atom is -0.493 e. The highest BCUT2D eigenvalue weighted by Crippen LogP contribution is 2.35. The van der Waals surface area contributed by atoms with E-state index in [1.54, 1.807) is 45.0 Å². The largest absolute Gasteiger partial charge is 0.493 e. The Bertz CT molecular complexity index is 926. The van der Waals surface area contributed by atoms with E-state index >= 15 is 0 Å². The molecule has 2 rings (SSSR count). The fraction of sp³-hybridized carbons (Fsp3) is 0.300. The monoisotopic (exact) mass is 401 g/mol. The summed E-state index contributed by atoms with van der Waals surface area (Å²) in [6.07, 6.45) is 0. The summed E-state index contributed by atoms with van der Waals surface area (Å²) in [7, 11) is 1.36. The van der Waals surface area contributed by atoms with Crippen LogP contribution in [0, 0.1) is 16.0 Å². The summed E-state index contributed by atoms with van der Waals surface area (Å²) >= 11 is 0. The Balaban J connectivity index is 2.34. The van der Waals surface area contributed by atoms with E-state index < -0.39 is 16.5 Å². The lowest BCUT2D eigenvalue weighted by molar-refractivity contribution is -0.385. The number of benzene rings is 2. The highest BCUT2D eigenvalue weighted by molar-refractivity contribution is 6.08. The maximum atomic E-state index is 12.7. The molecule has 29 heavy (non-hydrogen) atoms. The van der Waals surface area contributed by atoms with Crippen LogP contribution < -0.4 is 20.1 Å². The van der Waals surface area contributed by atoms with Gasteiger partial charge < -0.3 is 20.1 Å². The SMILES string of the molecule is CCOc1cc(C(=O)Nc2cccc(NC(=O)C(C)C)c2)c([N+](=O)[O-])cc1OC. The van der Waals surface area contributed by atoms with E-state index in [2.05, 4.69) is 10.6 Å². The van der Waals surface area contributed by atoms with Gasteiger partial charge in [0.2, 0.25) is 5.91 Å². The number of nitro benzene ring substituents is 1. The molecule has 0 fully saturated rings. The molecule has 0 unspecified atom stereocenters. The molecule has 0 atom stereocenters. The first-order valence-corrected chi connectivity index (χ1v) is 8.98. The molecule has 0 saturated carbocycles. The molecule has 0 aliphatic rings. The number of carbonyl (C=O) groups excluding carboxylic acids is 2. The second kappa shape index (κ2) is 9.54. The molecule has 0 aliphatic heterocycles. The van der Waals surface area contributed by atoms with E-state index in [1.807, 2.05) is 0 Å². The number of rotatable bonds is 8. The molecule has 0 spiro atoms. The van der Waals surface area contributed by atoms with Crippen molar-refractivity contribution < 1.29 is 24.0 Å². The molecule has 0 saturated heterocycles. The van der Waals surface area contributed by atoms with Gasteiger partial charge in [-0.3, -0.25) is 19.7 Å². The average molecular weight is 401 g/mol. The van der Waals surface area contributed by atoms with Crippen LogP contribution in [0.2, 0.25) is 0 Å². The lowest BCUT2D eigenvalue weighted by Gasteiger charge is -2.13. The van der Waals surface area contributed by atoms with Crippen LogP contribution in [0.15, 0.2) is 36.4 Å². The van der Waals surface area contributed by atoms with Crippen LogP contribution in [0.3, 0.4) is 0 Å². The van der Waals surface area contributed by atoms with Gasteiger partial charge in [-0.05, 0) is 25.1 Å². The second-order valence-corrected chi connectivity index (χ2v) is 6.39. The van der Waals surface area contributed by atoms with Gasteiger partial charge in [0.25, 0.3) is 11.6 Å². The average Bonchev–Trinajstić information content (AvgIpc) is 2.67. The molecule has 2 amide bonds. The molecule has 154 valence electrons. The molecule has 0 radical (unpaired) electrons. The van der Waals surface area contributed by atoms with E-state index in [1.165, 1.54) is 13.2 Å². The van der Waals surface area contributed by atoms with Gasteiger partial charge in [0.15, 0.2) is 11.5 Å². The van der Waals surface area contributed by atoms with Crippen LogP contribution in [0.5, 0.6) is 11.5 Å². The fourth-order valence-electron chi connectivity index (χ4n) is 2.47. The van der Waals surface area contributed by atoms with Gasteiger partial charge >= 0.3 is 0 Å². The van der Waals surface area contributed by atoms with Gasteiger partial charge in [0.05, 0.1) is 24.7 Å². The van der Waals surface area contributed by atoms with Crippen LogP contribution in [-0.4, -0.2) is 30.5 Å². The van der Waals surface area contributed by atoms with Crippen molar-refractivity contribution >= 4 is 28.9 Å². The van der Waals surface area contributed by atoms with Gasteiger partial charge in [-0.15, -0.1) is 0 Å². The fourth-order valence-corrected chi connectivity index (χ4v) is 2.47. The Kier molecular flexibility index (Phi) is 7.13. The molecule has 9 nitrogen and oxygen atoms in total. The minimum atomic E-state index is -0.687. The number of hydrogen-bond acceptors (Lipinski definition) is 6. The third-order valence-corrected chi connectivity index (χ3v) is 3.94. The number of methoxy groups -OCH3 is 1. The normalized spacial score (nSPS) is 10.4. The zero-order valence-corrected chi connectivity index (χ0v) is 16.6. The quantitative estimate of drug-likeness (QED) is 0.512. The summed E-state index contributed by atoms with van der Waals surface area (Å²) in [5.74, 6) is -0.669. The van der Waals surface area contributed by atoms with E-state index in [0.29, 0.717) is 18.0 Å². The molecule has 0 bridgehead atoms. The zero-order chi connectivity index (χ0) is 21.6. The summed E-state index contributed by atoms with van der Waals surface area (Å²) in [5.41, 5.74) is 0.295. The first-order valence-electron chi connectivity index (χ1n) is 8.98. The smallest absolute Gasteiger partial charge is 0.286 e. The number of carbonyl (C=O) groups is 2. The maximum Gasteiger partial charge on any atom is 0.286 e. The highest BCUT2D eigenvalue weighted by Gasteiger charge is 2.25. The first kappa shape index (κ1) is 21.7. The molecule has 9 heteroatoms. The van der Waals surface area contributed by atoms with Crippen molar-refractivity contribution in [1.29, 1.82) is 0 Å². The van der Waals surface area contributed by atoms with Crippen molar-refractivity contribution in [2.45, 2.75) is 20.8 Å². The predicted octanol–water partition coefficient (Wildman–Crippen LogP) is 3.85. The maximum absolute atomic E-state index is 12.7. The first-order chi connectivity index (χ1) is 13.8. The van der Waals surface area contributed by atoms with Crippen molar-refractivity contribution in [2.75, 3.05) is 24.4 Å². The molecule has 2 N–H and O–H groups in total. The van der Waals surface area contributed by atoms with Crippen LogP contribution >= 0.6 is 0 Å². The molecular formula is C20H23N3O6. The number of nitrogens with zero attached hydrogens (tertiary/aromatic N) is 1. The third-order valence-electron chi connectivity index (χ3n) is 3.94. The number of nitro groups is 1. The van der Waals surface area contributed by atoms with Crippen LogP contribution in [0.1, 0.15) is 31.1 Å². The lowest BCUT2D eigenvalue weighted by atomic mass is 10.1. The van der Waals surface area contributed by atoms with Crippen molar-refractivity contribution in [3.63, 3.8) is 0 Å². The standard InChI is InChI=1S/C20H23N3O6/c1-5-29-18-10-15(16(23(26)27)11-17(18)28-4)20(25)22-14-8-6-7-13(9-14)21-19(24)12(2)3/h6-12H,5H2,1-4H3,(H,21,24)(H,22,25). The summed E-state index contributed by atoms with van der Waals surface area (Å²) in [4.78, 5) is 35.4. The predicted molar refractivity (Wildman–Crippen MR) is 109 cm³/mol. The van der Waals surface area contributed by atoms with Crippen LogP contribution in [0.25, 0.3) is 0 Å². The molecule has 2 aromatic rings. The summed E-state index contributed by atoms with van der Waals surface area (Å²) in [5, 5.41) is 16.8. The van der Waals surface area contributed by atoms with Gasteiger partial charge in [-0.2, -0.15) is 0 Å². The number of hydrogen-bond donors (Lipinski definition) is 2. The Labute approximate surface area is 168 Å². The van der Waals surface area contributed by atoms with Crippen molar-refractivity contribution in [2.24, 2.45) is 5.92 Å². The molecule has 0 aliphatic carbocycles. The van der Waals surface area contributed by atoms with Crippen molar-refractivity contribution in [1.82, 2.24) is 0 Å². The van der Waals surface area contributed by atoms with Gasteiger partial charge in [-0.1, -0.05) is 19.9 Å². The van der Waals surface area contributed by atoms with E-state index in [0.717, 1.165) is 6.07 Å². The Hall–Kier alpha value is -3.62. The number of anilines is 2. The van der Waals surface area contributed by atoms with E-state index in [4.69, 9.17) is 9.47 Å². The molecule has 0 aromatic heterocycles. The van der Waals surface area contributed by atoms with Gasteiger partial charge in [0.1, 0.15) is 5.56 Å². The lowest BCUT2D eigenvalue weighted by Crippen LogP contribution is -2.18. The minimum absolute atomic E-state index is 0.161. The van der Waals surface area contributed by atoms with Crippen LogP contribution in [0.4, 0.5) is 17.1 Å². The molecular weight excluding hydrogens is 378 g/mol. The number of amides is 2. The number of ether oxygens (including phenoxy) is 2. The molecule has 2 aromatic carbocycles.